The lowest BCUT2D eigenvalue weighted by Crippen LogP contribution is -2.44. The first-order valence-electron chi connectivity index (χ1n) is 6.75. The Morgan fingerprint density at radius 1 is 1.35 bits per heavy atom. The predicted octanol–water partition coefficient (Wildman–Crippen LogP) is 0.362. The molecule has 8 nitrogen and oxygen atoms in total. The molecule has 9 heteroatoms. The summed E-state index contributed by atoms with van der Waals surface area (Å²) < 4.78 is 28.5. The third-order valence-electron chi connectivity index (χ3n) is 3.37. The Balaban J connectivity index is 2.19. The van der Waals surface area contributed by atoms with E-state index in [1.807, 2.05) is 0 Å². The van der Waals surface area contributed by atoms with Crippen molar-refractivity contribution in [3.05, 3.63) is 29.8 Å². The molecular formula is C14H16N2O6S. The number of methoxy groups -OCH3 is 1. The zero-order valence-electron chi connectivity index (χ0n) is 12.6. The second-order valence-electron chi connectivity index (χ2n) is 5.07. The van der Waals surface area contributed by atoms with E-state index >= 15 is 0 Å². The summed E-state index contributed by atoms with van der Waals surface area (Å²) in [4.78, 5) is 35.4. The van der Waals surface area contributed by atoms with Crippen molar-refractivity contribution in [1.82, 2.24) is 4.31 Å². The molecule has 1 unspecified atom stereocenters. The van der Waals surface area contributed by atoms with E-state index in [9.17, 15) is 22.8 Å². The summed E-state index contributed by atoms with van der Waals surface area (Å²) in [5.74, 6) is -1.78. The quantitative estimate of drug-likeness (QED) is 0.793. The molecule has 2 amide bonds. The van der Waals surface area contributed by atoms with E-state index in [4.69, 9.17) is 0 Å². The van der Waals surface area contributed by atoms with Crippen molar-refractivity contribution in [3.8, 4) is 0 Å². The lowest BCUT2D eigenvalue weighted by atomic mass is 10.2. The SMILES string of the molecule is COC(=O)c1cccc(NC(=O)C2CCC(=O)N2S(C)(=O)=O)c1. The van der Waals surface area contributed by atoms with Crippen LogP contribution in [0.2, 0.25) is 0 Å². The van der Waals surface area contributed by atoms with Crippen molar-refractivity contribution in [2.45, 2.75) is 18.9 Å². The van der Waals surface area contributed by atoms with Gasteiger partial charge in [-0.25, -0.2) is 17.5 Å². The Bertz CT molecular complexity index is 758. The fourth-order valence-electron chi connectivity index (χ4n) is 2.38. The van der Waals surface area contributed by atoms with Gasteiger partial charge >= 0.3 is 5.97 Å². The van der Waals surface area contributed by atoms with E-state index in [0.29, 0.717) is 9.99 Å². The van der Waals surface area contributed by atoms with E-state index in [2.05, 4.69) is 10.1 Å². The van der Waals surface area contributed by atoms with Gasteiger partial charge in [0.05, 0.1) is 18.9 Å². The number of nitrogens with one attached hydrogen (secondary N) is 1. The average molecular weight is 340 g/mol. The fraction of sp³-hybridized carbons (Fsp3) is 0.357. The lowest BCUT2D eigenvalue weighted by Gasteiger charge is -2.21. The van der Waals surface area contributed by atoms with Gasteiger partial charge in [-0.1, -0.05) is 6.07 Å². The van der Waals surface area contributed by atoms with Gasteiger partial charge < -0.3 is 10.1 Å². The number of amides is 2. The Hall–Kier alpha value is -2.42. The number of ether oxygens (including phenoxy) is 1. The number of anilines is 1. The number of esters is 1. The Morgan fingerprint density at radius 3 is 2.65 bits per heavy atom. The highest BCUT2D eigenvalue weighted by Crippen LogP contribution is 2.23. The molecule has 1 heterocycles. The number of hydrogen-bond acceptors (Lipinski definition) is 6. The molecule has 0 spiro atoms. The average Bonchev–Trinajstić information content (AvgIpc) is 2.88. The molecule has 0 aliphatic carbocycles. The van der Waals surface area contributed by atoms with E-state index in [0.717, 1.165) is 6.26 Å². The number of carbonyl (C=O) groups is 3. The van der Waals surface area contributed by atoms with Gasteiger partial charge in [0, 0.05) is 12.1 Å². The number of rotatable bonds is 4. The molecular weight excluding hydrogens is 324 g/mol. The second kappa shape index (κ2) is 6.37. The van der Waals surface area contributed by atoms with Crippen LogP contribution in [0.5, 0.6) is 0 Å². The van der Waals surface area contributed by atoms with E-state index in [1.165, 1.54) is 19.2 Å². The molecule has 0 saturated carbocycles. The van der Waals surface area contributed by atoms with Crippen LogP contribution in [0.3, 0.4) is 0 Å². The summed E-state index contributed by atoms with van der Waals surface area (Å²) in [5.41, 5.74) is 0.554. The topological polar surface area (TPSA) is 110 Å². The summed E-state index contributed by atoms with van der Waals surface area (Å²) in [6.45, 7) is 0. The Kier molecular flexibility index (Phi) is 4.69. The van der Waals surface area contributed by atoms with Crippen LogP contribution in [0.25, 0.3) is 0 Å². The third kappa shape index (κ3) is 3.67. The maximum Gasteiger partial charge on any atom is 0.337 e. The van der Waals surface area contributed by atoms with Crippen LogP contribution in [-0.4, -0.2) is 49.9 Å². The van der Waals surface area contributed by atoms with Crippen LogP contribution in [-0.2, 0) is 24.3 Å². The number of carbonyl (C=O) groups excluding carboxylic acids is 3. The van der Waals surface area contributed by atoms with Crippen molar-refractivity contribution in [1.29, 1.82) is 0 Å². The molecule has 2 rings (SSSR count). The van der Waals surface area contributed by atoms with Crippen LogP contribution in [0.15, 0.2) is 24.3 Å². The standard InChI is InChI=1S/C14H16N2O6S/c1-22-14(19)9-4-3-5-10(8-9)15-13(18)11-6-7-12(17)16(11)23(2,20)21/h3-5,8,11H,6-7H2,1-2H3,(H,15,18). The number of benzene rings is 1. The van der Waals surface area contributed by atoms with Crippen LogP contribution >= 0.6 is 0 Å². The minimum Gasteiger partial charge on any atom is -0.465 e. The second-order valence-corrected chi connectivity index (χ2v) is 6.93. The number of hydrogen-bond donors (Lipinski definition) is 1. The summed E-state index contributed by atoms with van der Waals surface area (Å²) >= 11 is 0. The van der Waals surface area contributed by atoms with Gasteiger partial charge in [0.25, 0.3) is 0 Å². The third-order valence-corrected chi connectivity index (χ3v) is 4.54. The Morgan fingerprint density at radius 2 is 2.04 bits per heavy atom. The van der Waals surface area contributed by atoms with Crippen molar-refractivity contribution >= 4 is 33.5 Å². The van der Waals surface area contributed by atoms with E-state index in [-0.39, 0.29) is 18.4 Å². The van der Waals surface area contributed by atoms with Gasteiger partial charge in [-0.3, -0.25) is 9.59 Å². The van der Waals surface area contributed by atoms with Crippen LogP contribution in [0.4, 0.5) is 5.69 Å². The first-order chi connectivity index (χ1) is 10.7. The van der Waals surface area contributed by atoms with E-state index < -0.39 is 33.8 Å². The minimum atomic E-state index is -3.81. The smallest absolute Gasteiger partial charge is 0.337 e. The lowest BCUT2D eigenvalue weighted by molar-refractivity contribution is -0.128. The zero-order chi connectivity index (χ0) is 17.2. The fourth-order valence-corrected chi connectivity index (χ4v) is 3.51. The summed E-state index contributed by atoms with van der Waals surface area (Å²) in [5, 5.41) is 2.52. The maximum absolute atomic E-state index is 12.3. The summed E-state index contributed by atoms with van der Waals surface area (Å²) in [7, 11) is -2.58. The van der Waals surface area contributed by atoms with Gasteiger partial charge in [-0.15, -0.1) is 0 Å². The molecule has 1 aliphatic rings. The van der Waals surface area contributed by atoms with Crippen LogP contribution in [0, 0.1) is 0 Å². The van der Waals surface area contributed by atoms with Gasteiger partial charge in [-0.05, 0) is 24.6 Å². The van der Waals surface area contributed by atoms with Crippen molar-refractivity contribution in [3.63, 3.8) is 0 Å². The van der Waals surface area contributed by atoms with Crippen molar-refractivity contribution in [2.75, 3.05) is 18.7 Å². The van der Waals surface area contributed by atoms with Gasteiger partial charge in [0.1, 0.15) is 6.04 Å². The molecule has 0 bridgehead atoms. The Labute approximate surface area is 133 Å². The summed E-state index contributed by atoms with van der Waals surface area (Å²) in [6, 6.07) is 4.94. The molecule has 1 atom stereocenters. The first kappa shape index (κ1) is 16.9. The molecule has 1 aromatic rings. The van der Waals surface area contributed by atoms with E-state index in [1.54, 1.807) is 12.1 Å². The molecule has 23 heavy (non-hydrogen) atoms. The van der Waals surface area contributed by atoms with Gasteiger partial charge in [0.15, 0.2) is 0 Å². The van der Waals surface area contributed by atoms with Crippen molar-refractivity contribution in [2.24, 2.45) is 0 Å². The maximum atomic E-state index is 12.3. The molecule has 0 radical (unpaired) electrons. The number of nitrogens with zero attached hydrogens (tertiary/aromatic N) is 1. The largest absolute Gasteiger partial charge is 0.465 e. The van der Waals surface area contributed by atoms with Gasteiger partial charge in [-0.2, -0.15) is 0 Å². The molecule has 1 saturated heterocycles. The highest BCUT2D eigenvalue weighted by Gasteiger charge is 2.41. The van der Waals surface area contributed by atoms with Crippen LogP contribution < -0.4 is 5.32 Å². The highest BCUT2D eigenvalue weighted by molar-refractivity contribution is 7.89. The van der Waals surface area contributed by atoms with Crippen molar-refractivity contribution < 1.29 is 27.5 Å². The van der Waals surface area contributed by atoms with Gasteiger partial charge in [0.2, 0.25) is 21.8 Å². The molecule has 1 fully saturated rings. The molecule has 1 N–H and O–H groups in total. The first-order valence-corrected chi connectivity index (χ1v) is 8.60. The predicted molar refractivity (Wildman–Crippen MR) is 81.1 cm³/mol. The number of sulfonamides is 1. The monoisotopic (exact) mass is 340 g/mol. The molecule has 1 aromatic carbocycles. The molecule has 124 valence electrons. The van der Waals surface area contributed by atoms with Crippen LogP contribution in [0.1, 0.15) is 23.2 Å². The minimum absolute atomic E-state index is 0.00659. The molecule has 1 aliphatic heterocycles. The molecule has 0 aromatic heterocycles. The normalized spacial score (nSPS) is 17.9. The highest BCUT2D eigenvalue weighted by atomic mass is 32.2. The zero-order valence-corrected chi connectivity index (χ0v) is 13.4. The summed E-state index contributed by atoms with van der Waals surface area (Å²) in [6.07, 6.45) is 0.996.